The Morgan fingerprint density at radius 3 is 2.78 bits per heavy atom. The van der Waals surface area contributed by atoms with Crippen LogP contribution in [0.4, 0.5) is 4.79 Å². The van der Waals surface area contributed by atoms with Crippen LogP contribution in [0.3, 0.4) is 0 Å². The maximum Gasteiger partial charge on any atom is 0.338 e. The number of imidazole rings is 1. The first kappa shape index (κ1) is 17.3. The molecule has 2 aromatic heterocycles. The number of amides is 1. The van der Waals surface area contributed by atoms with Gasteiger partial charge in [-0.1, -0.05) is 12.1 Å². The maximum atomic E-state index is 12.9. The Labute approximate surface area is 156 Å². The average Bonchev–Trinajstić information content (AvgIpc) is 3.30. The highest BCUT2D eigenvalue weighted by atomic mass is 16.5. The zero-order chi connectivity index (χ0) is 19.0. The topological polar surface area (TPSA) is 82.2 Å². The van der Waals surface area contributed by atoms with Crippen molar-refractivity contribution >= 4 is 17.2 Å². The minimum Gasteiger partial charge on any atom is -0.494 e. The van der Waals surface area contributed by atoms with Gasteiger partial charge in [0.05, 0.1) is 12.8 Å². The molecule has 0 unspecified atom stereocenters. The molecule has 1 aromatic carbocycles. The Balaban J connectivity index is 1.84. The van der Waals surface area contributed by atoms with Crippen molar-refractivity contribution < 1.29 is 9.53 Å². The molecule has 0 saturated carbocycles. The van der Waals surface area contributed by atoms with E-state index >= 15 is 0 Å². The summed E-state index contributed by atoms with van der Waals surface area (Å²) >= 11 is 0. The largest absolute Gasteiger partial charge is 0.494 e. The Bertz CT molecular complexity index is 1060. The second kappa shape index (κ2) is 6.86. The van der Waals surface area contributed by atoms with E-state index in [9.17, 15) is 9.59 Å². The number of nitrogens with zero attached hydrogens (tertiary/aromatic N) is 5. The van der Waals surface area contributed by atoms with Crippen molar-refractivity contribution in [3.8, 4) is 17.1 Å². The van der Waals surface area contributed by atoms with Crippen LogP contribution in [-0.2, 0) is 7.05 Å². The number of aromatic nitrogens is 4. The molecule has 0 aliphatic carbocycles. The van der Waals surface area contributed by atoms with E-state index in [1.807, 2.05) is 31.2 Å². The predicted molar refractivity (Wildman–Crippen MR) is 101 cm³/mol. The lowest BCUT2D eigenvalue weighted by Crippen LogP contribution is -2.38. The van der Waals surface area contributed by atoms with E-state index in [2.05, 4.69) is 9.97 Å². The second-order valence-electron chi connectivity index (χ2n) is 6.52. The summed E-state index contributed by atoms with van der Waals surface area (Å²) in [5, 5.41) is 0. The molecule has 1 fully saturated rings. The van der Waals surface area contributed by atoms with Crippen LogP contribution >= 0.6 is 0 Å². The normalized spacial score (nSPS) is 14.1. The standard InChI is InChI=1S/C19H21N5O3/c1-3-27-14-8-6-7-13(11-14)16-20-12-15-17(21-16)24(18(25)22(15)2)19(26)23-9-4-5-10-23/h6-8,11-12H,3-5,9-10H2,1-2H3. The Morgan fingerprint density at radius 2 is 2.04 bits per heavy atom. The lowest BCUT2D eigenvalue weighted by atomic mass is 10.2. The lowest BCUT2D eigenvalue weighted by Gasteiger charge is -2.14. The average molecular weight is 367 g/mol. The first-order valence-corrected chi connectivity index (χ1v) is 9.07. The first-order chi connectivity index (χ1) is 13.1. The van der Waals surface area contributed by atoms with Crippen LogP contribution in [0.5, 0.6) is 5.75 Å². The van der Waals surface area contributed by atoms with Crippen LogP contribution in [-0.4, -0.2) is 49.7 Å². The van der Waals surface area contributed by atoms with Gasteiger partial charge in [0.15, 0.2) is 11.5 Å². The van der Waals surface area contributed by atoms with E-state index in [0.29, 0.717) is 36.7 Å². The van der Waals surface area contributed by atoms with E-state index in [1.165, 1.54) is 4.57 Å². The monoisotopic (exact) mass is 367 g/mol. The molecule has 27 heavy (non-hydrogen) atoms. The number of aryl methyl sites for hydroxylation is 1. The molecule has 1 saturated heterocycles. The number of likely N-dealkylation sites (tertiary alicyclic amines) is 1. The van der Waals surface area contributed by atoms with Crippen molar-refractivity contribution in [3.63, 3.8) is 0 Å². The molecule has 1 aliphatic heterocycles. The van der Waals surface area contributed by atoms with Crippen molar-refractivity contribution in [1.82, 2.24) is 24.0 Å². The summed E-state index contributed by atoms with van der Waals surface area (Å²) in [5.74, 6) is 1.16. The Kier molecular flexibility index (Phi) is 4.39. The molecular weight excluding hydrogens is 346 g/mol. The van der Waals surface area contributed by atoms with Crippen LogP contribution in [0.25, 0.3) is 22.6 Å². The van der Waals surface area contributed by atoms with Gasteiger partial charge in [-0.3, -0.25) is 4.57 Å². The van der Waals surface area contributed by atoms with Crippen molar-refractivity contribution in [2.75, 3.05) is 19.7 Å². The molecule has 0 atom stereocenters. The summed E-state index contributed by atoms with van der Waals surface area (Å²) in [4.78, 5) is 36.2. The molecule has 8 heteroatoms. The molecule has 0 radical (unpaired) electrons. The SMILES string of the molecule is CCOc1cccc(-c2ncc3c(n2)n(C(=O)N2CCCC2)c(=O)n3C)c1. The van der Waals surface area contributed by atoms with Crippen LogP contribution in [0.1, 0.15) is 19.8 Å². The molecular formula is C19H21N5O3. The zero-order valence-corrected chi connectivity index (χ0v) is 15.4. The van der Waals surface area contributed by atoms with Crippen molar-refractivity contribution in [1.29, 1.82) is 0 Å². The molecule has 4 rings (SSSR count). The van der Waals surface area contributed by atoms with E-state index < -0.39 is 5.69 Å². The van der Waals surface area contributed by atoms with Gasteiger partial charge in [0.2, 0.25) is 0 Å². The zero-order valence-electron chi connectivity index (χ0n) is 15.4. The van der Waals surface area contributed by atoms with E-state index in [1.54, 1.807) is 18.1 Å². The third kappa shape index (κ3) is 2.97. The third-order valence-corrected chi connectivity index (χ3v) is 4.77. The van der Waals surface area contributed by atoms with Crippen LogP contribution < -0.4 is 10.4 Å². The number of ether oxygens (including phenoxy) is 1. The van der Waals surface area contributed by atoms with Crippen molar-refractivity contribution in [3.05, 3.63) is 40.9 Å². The summed E-state index contributed by atoms with van der Waals surface area (Å²) in [6.45, 7) is 3.81. The summed E-state index contributed by atoms with van der Waals surface area (Å²) in [7, 11) is 1.62. The third-order valence-electron chi connectivity index (χ3n) is 4.77. The van der Waals surface area contributed by atoms with Gasteiger partial charge in [0.1, 0.15) is 11.3 Å². The smallest absolute Gasteiger partial charge is 0.338 e. The Hall–Kier alpha value is -3.16. The van der Waals surface area contributed by atoms with Gasteiger partial charge < -0.3 is 9.64 Å². The quantitative estimate of drug-likeness (QED) is 0.709. The van der Waals surface area contributed by atoms with Gasteiger partial charge in [-0.25, -0.2) is 19.6 Å². The molecule has 1 amide bonds. The molecule has 140 valence electrons. The van der Waals surface area contributed by atoms with E-state index in [-0.39, 0.29) is 6.03 Å². The van der Waals surface area contributed by atoms with Crippen molar-refractivity contribution in [2.24, 2.45) is 7.05 Å². The first-order valence-electron chi connectivity index (χ1n) is 9.07. The number of carbonyl (C=O) groups excluding carboxylic acids is 1. The van der Waals surface area contributed by atoms with Crippen LogP contribution in [0.15, 0.2) is 35.3 Å². The predicted octanol–water partition coefficient (Wildman–Crippen LogP) is 2.26. The molecule has 0 N–H and O–H groups in total. The summed E-state index contributed by atoms with van der Waals surface area (Å²) < 4.78 is 8.09. The summed E-state index contributed by atoms with van der Waals surface area (Å²) in [5.41, 5.74) is 1.21. The van der Waals surface area contributed by atoms with Gasteiger partial charge in [-0.2, -0.15) is 4.57 Å². The van der Waals surface area contributed by atoms with Gasteiger partial charge in [0.25, 0.3) is 0 Å². The van der Waals surface area contributed by atoms with E-state index in [4.69, 9.17) is 4.74 Å². The number of hydrogen-bond donors (Lipinski definition) is 0. The highest BCUT2D eigenvalue weighted by Crippen LogP contribution is 2.23. The molecule has 1 aliphatic rings. The van der Waals surface area contributed by atoms with Gasteiger partial charge in [-0.05, 0) is 31.9 Å². The number of rotatable bonds is 3. The molecule has 8 nitrogen and oxygen atoms in total. The molecule has 3 heterocycles. The number of fused-ring (bicyclic) bond motifs is 1. The maximum absolute atomic E-state index is 12.9. The molecule has 0 spiro atoms. The van der Waals surface area contributed by atoms with Crippen LogP contribution in [0.2, 0.25) is 0 Å². The van der Waals surface area contributed by atoms with Crippen molar-refractivity contribution in [2.45, 2.75) is 19.8 Å². The molecule has 3 aromatic rings. The van der Waals surface area contributed by atoms with Crippen LogP contribution in [0, 0.1) is 0 Å². The highest BCUT2D eigenvalue weighted by molar-refractivity contribution is 5.88. The van der Waals surface area contributed by atoms with Gasteiger partial charge >= 0.3 is 11.7 Å². The number of carbonyl (C=O) groups is 1. The second-order valence-corrected chi connectivity index (χ2v) is 6.52. The summed E-state index contributed by atoms with van der Waals surface area (Å²) in [6, 6.07) is 7.12. The lowest BCUT2D eigenvalue weighted by molar-refractivity contribution is 0.210. The highest BCUT2D eigenvalue weighted by Gasteiger charge is 2.25. The fourth-order valence-electron chi connectivity index (χ4n) is 3.36. The number of benzene rings is 1. The molecule has 0 bridgehead atoms. The fourth-order valence-corrected chi connectivity index (χ4v) is 3.36. The summed E-state index contributed by atoms with van der Waals surface area (Å²) in [6.07, 6.45) is 3.49. The minimum absolute atomic E-state index is 0.323. The van der Waals surface area contributed by atoms with Gasteiger partial charge in [0, 0.05) is 25.7 Å². The van der Waals surface area contributed by atoms with E-state index in [0.717, 1.165) is 28.7 Å². The minimum atomic E-state index is -0.406. The Morgan fingerprint density at radius 1 is 1.26 bits per heavy atom. The number of hydrogen-bond acceptors (Lipinski definition) is 5. The fraction of sp³-hybridized carbons (Fsp3) is 0.368. The van der Waals surface area contributed by atoms with Gasteiger partial charge in [-0.15, -0.1) is 0 Å².